The second kappa shape index (κ2) is 7.27. The minimum atomic E-state index is -3.77. The average Bonchev–Trinajstić information content (AvgIpc) is 3.27. The van der Waals surface area contributed by atoms with E-state index in [0.29, 0.717) is 17.7 Å². The zero-order valence-corrected chi connectivity index (χ0v) is 16.1. The van der Waals surface area contributed by atoms with E-state index in [9.17, 15) is 17.6 Å². The summed E-state index contributed by atoms with van der Waals surface area (Å²) in [6.07, 6.45) is 2.56. The lowest BCUT2D eigenvalue weighted by atomic mass is 9.96. The van der Waals surface area contributed by atoms with Crippen LogP contribution in [0.4, 0.5) is 10.1 Å². The number of anilines is 1. The molecule has 0 spiro atoms. The van der Waals surface area contributed by atoms with Crippen LogP contribution in [0.25, 0.3) is 0 Å². The fourth-order valence-electron chi connectivity index (χ4n) is 3.76. The van der Waals surface area contributed by atoms with Gasteiger partial charge in [-0.05, 0) is 68.1 Å². The molecule has 0 radical (unpaired) electrons. The molecule has 4 rings (SSSR count). The highest BCUT2D eigenvalue weighted by Gasteiger charge is 2.42. The maximum atomic E-state index is 13.4. The van der Waals surface area contributed by atoms with Crippen molar-refractivity contribution in [2.75, 3.05) is 5.32 Å². The molecule has 0 saturated carbocycles. The first kappa shape index (κ1) is 19.0. The number of sulfonamides is 1. The number of fused-ring (bicyclic) bond motifs is 2. The summed E-state index contributed by atoms with van der Waals surface area (Å²) in [5.74, 6) is -0.826. The van der Waals surface area contributed by atoms with Crippen LogP contribution in [0.3, 0.4) is 0 Å². The molecule has 2 aliphatic heterocycles. The van der Waals surface area contributed by atoms with Crippen molar-refractivity contribution in [1.82, 2.24) is 4.72 Å². The van der Waals surface area contributed by atoms with E-state index in [2.05, 4.69) is 10.0 Å². The quantitative estimate of drug-likeness (QED) is 0.793. The Hall–Kier alpha value is -2.29. The summed E-state index contributed by atoms with van der Waals surface area (Å²) in [6, 6.07) is 9.86. The van der Waals surface area contributed by atoms with Gasteiger partial charge in [-0.2, -0.15) is 0 Å². The van der Waals surface area contributed by atoms with Crippen molar-refractivity contribution in [3.63, 3.8) is 0 Å². The number of ether oxygens (including phenoxy) is 1. The molecular weight excluding hydrogens is 383 g/mol. The Labute approximate surface area is 166 Å². The molecule has 2 N–H and O–H groups in total. The molecule has 2 saturated heterocycles. The summed E-state index contributed by atoms with van der Waals surface area (Å²) in [6.45, 7) is 1.60. The SMILES string of the molecule is Cc1cc(NC(=O)c2cccc(S(=O)(=O)NC3CC4CCC3O4)c2)ccc1F.[HH].[HH]. The predicted octanol–water partition coefficient (Wildman–Crippen LogP) is 3.48. The number of amides is 1. The molecule has 152 valence electrons. The van der Waals surface area contributed by atoms with Gasteiger partial charge in [0.25, 0.3) is 5.91 Å². The van der Waals surface area contributed by atoms with Gasteiger partial charge in [0.1, 0.15) is 5.82 Å². The Bertz CT molecular complexity index is 1040. The molecule has 2 fully saturated rings. The molecule has 2 bridgehead atoms. The van der Waals surface area contributed by atoms with Crippen LogP contribution >= 0.6 is 0 Å². The van der Waals surface area contributed by atoms with Crippen molar-refractivity contribution in [2.45, 2.75) is 49.3 Å². The van der Waals surface area contributed by atoms with Gasteiger partial charge in [0, 0.05) is 14.1 Å². The molecule has 6 nitrogen and oxygen atoms in total. The molecule has 2 aromatic rings. The highest BCUT2D eigenvalue weighted by molar-refractivity contribution is 7.89. The van der Waals surface area contributed by atoms with E-state index in [-0.39, 0.29) is 37.4 Å². The first-order chi connectivity index (χ1) is 13.3. The van der Waals surface area contributed by atoms with Gasteiger partial charge >= 0.3 is 0 Å². The summed E-state index contributed by atoms with van der Waals surface area (Å²) < 4.78 is 47.3. The van der Waals surface area contributed by atoms with Gasteiger partial charge < -0.3 is 10.1 Å². The largest absolute Gasteiger partial charge is 0.373 e. The standard InChI is InChI=1S/C20H21FN2O4S.2H2/c1-12-9-14(5-7-17(12)21)22-20(24)13-3-2-4-16(10-13)28(25,26)23-18-11-15-6-8-19(18)27-15;;/h2-5,7,9-10,15,18-19,23H,6,8,11H2,1H3,(H,22,24);2*1H. The fourth-order valence-corrected chi connectivity index (χ4v) is 5.08. The third-order valence-electron chi connectivity index (χ3n) is 5.23. The molecule has 8 heteroatoms. The van der Waals surface area contributed by atoms with Crippen LogP contribution < -0.4 is 10.0 Å². The van der Waals surface area contributed by atoms with E-state index in [4.69, 9.17) is 4.74 Å². The van der Waals surface area contributed by atoms with Crippen LogP contribution in [0.15, 0.2) is 47.4 Å². The number of nitrogens with one attached hydrogen (secondary N) is 2. The molecule has 0 aliphatic carbocycles. The lowest BCUT2D eigenvalue weighted by Crippen LogP contribution is -2.41. The fraction of sp³-hybridized carbons (Fsp3) is 0.350. The van der Waals surface area contributed by atoms with Crippen molar-refractivity contribution in [1.29, 1.82) is 0 Å². The van der Waals surface area contributed by atoms with Gasteiger partial charge in [-0.25, -0.2) is 17.5 Å². The number of hydrogen-bond acceptors (Lipinski definition) is 4. The van der Waals surface area contributed by atoms with Crippen LogP contribution in [-0.2, 0) is 14.8 Å². The number of hydrogen-bond donors (Lipinski definition) is 2. The Kier molecular flexibility index (Phi) is 4.95. The van der Waals surface area contributed by atoms with Gasteiger partial charge in [0.05, 0.1) is 23.1 Å². The molecular formula is C20H25FN2O4S. The Balaban J connectivity index is 0.00000160. The summed E-state index contributed by atoms with van der Waals surface area (Å²) in [5, 5.41) is 2.66. The van der Waals surface area contributed by atoms with Crippen molar-refractivity contribution >= 4 is 21.6 Å². The third-order valence-corrected chi connectivity index (χ3v) is 6.72. The topological polar surface area (TPSA) is 84.5 Å². The van der Waals surface area contributed by atoms with E-state index < -0.39 is 15.9 Å². The molecule has 2 aliphatic rings. The van der Waals surface area contributed by atoms with E-state index in [0.717, 1.165) is 12.8 Å². The molecule has 1 amide bonds. The van der Waals surface area contributed by atoms with Crippen LogP contribution in [0.1, 0.15) is 38.0 Å². The third kappa shape index (κ3) is 3.80. The first-order valence-electron chi connectivity index (χ1n) is 9.17. The van der Waals surface area contributed by atoms with Crippen LogP contribution in [-0.4, -0.2) is 32.6 Å². The van der Waals surface area contributed by atoms with Crippen LogP contribution in [0.2, 0.25) is 0 Å². The van der Waals surface area contributed by atoms with E-state index in [1.54, 1.807) is 6.92 Å². The smallest absolute Gasteiger partial charge is 0.255 e. The highest BCUT2D eigenvalue weighted by atomic mass is 32.2. The zero-order chi connectivity index (χ0) is 19.9. The summed E-state index contributed by atoms with van der Waals surface area (Å²) in [4.78, 5) is 12.5. The van der Waals surface area contributed by atoms with Crippen molar-refractivity contribution in [2.24, 2.45) is 0 Å². The molecule has 3 unspecified atom stereocenters. The minimum Gasteiger partial charge on any atom is -0.373 e. The lowest BCUT2D eigenvalue weighted by Gasteiger charge is -2.20. The Morgan fingerprint density at radius 3 is 2.71 bits per heavy atom. The molecule has 28 heavy (non-hydrogen) atoms. The molecule has 3 atom stereocenters. The minimum absolute atomic E-state index is 0. The lowest BCUT2D eigenvalue weighted by molar-refractivity contribution is 0.0995. The normalized spacial score (nSPS) is 23.7. The molecule has 2 heterocycles. The highest BCUT2D eigenvalue weighted by Crippen LogP contribution is 2.35. The maximum absolute atomic E-state index is 13.4. The van der Waals surface area contributed by atoms with Crippen LogP contribution in [0, 0.1) is 12.7 Å². The van der Waals surface area contributed by atoms with Crippen LogP contribution in [0.5, 0.6) is 0 Å². The first-order valence-corrected chi connectivity index (χ1v) is 10.7. The second-order valence-corrected chi connectivity index (χ2v) is 9.00. The monoisotopic (exact) mass is 408 g/mol. The van der Waals surface area contributed by atoms with E-state index in [1.807, 2.05) is 0 Å². The van der Waals surface area contributed by atoms with Gasteiger partial charge in [0.2, 0.25) is 10.0 Å². The van der Waals surface area contributed by atoms with E-state index >= 15 is 0 Å². The zero-order valence-electron chi connectivity index (χ0n) is 15.3. The predicted molar refractivity (Wildman–Crippen MR) is 106 cm³/mol. The number of carbonyl (C=O) groups excluding carboxylic acids is 1. The van der Waals surface area contributed by atoms with Crippen molar-refractivity contribution in [3.8, 4) is 0 Å². The summed E-state index contributed by atoms with van der Waals surface area (Å²) in [7, 11) is -3.77. The van der Waals surface area contributed by atoms with Gasteiger partial charge in [0.15, 0.2) is 0 Å². The second-order valence-electron chi connectivity index (χ2n) is 7.28. The number of benzene rings is 2. The molecule has 0 aromatic heterocycles. The van der Waals surface area contributed by atoms with E-state index in [1.165, 1.54) is 42.5 Å². The Morgan fingerprint density at radius 1 is 1.21 bits per heavy atom. The Morgan fingerprint density at radius 2 is 2.04 bits per heavy atom. The van der Waals surface area contributed by atoms with Gasteiger partial charge in [-0.3, -0.25) is 4.79 Å². The van der Waals surface area contributed by atoms with Crippen molar-refractivity contribution < 1.29 is 25.2 Å². The number of aryl methyl sites for hydroxylation is 1. The number of rotatable bonds is 5. The average molecular weight is 408 g/mol. The summed E-state index contributed by atoms with van der Waals surface area (Å²) in [5.41, 5.74) is 1.05. The number of halogens is 1. The molecule has 2 aromatic carbocycles. The maximum Gasteiger partial charge on any atom is 0.255 e. The summed E-state index contributed by atoms with van der Waals surface area (Å²) >= 11 is 0. The van der Waals surface area contributed by atoms with Gasteiger partial charge in [-0.15, -0.1) is 0 Å². The van der Waals surface area contributed by atoms with Gasteiger partial charge in [-0.1, -0.05) is 6.07 Å². The van der Waals surface area contributed by atoms with Crippen molar-refractivity contribution in [3.05, 3.63) is 59.4 Å². The number of carbonyl (C=O) groups is 1.